The predicted octanol–water partition coefficient (Wildman–Crippen LogP) is 1.36. The summed E-state index contributed by atoms with van der Waals surface area (Å²) in [7, 11) is 0. The van der Waals surface area contributed by atoms with Crippen molar-refractivity contribution in [3.05, 3.63) is 29.8 Å². The third kappa shape index (κ3) is 3.75. The number of amides is 1. The molecule has 1 atom stereocenters. The molecule has 1 saturated carbocycles. The predicted molar refractivity (Wildman–Crippen MR) is 65.7 cm³/mol. The zero-order valence-corrected chi connectivity index (χ0v) is 9.98. The van der Waals surface area contributed by atoms with Gasteiger partial charge in [0.2, 0.25) is 0 Å². The van der Waals surface area contributed by atoms with Gasteiger partial charge in [-0.25, -0.2) is 0 Å². The summed E-state index contributed by atoms with van der Waals surface area (Å²) < 4.78 is 5.38. The number of carbonyl (C=O) groups excluding carboxylic acids is 1. The monoisotopic (exact) mass is 234 g/mol. The van der Waals surface area contributed by atoms with Crippen molar-refractivity contribution >= 4 is 5.91 Å². The zero-order valence-electron chi connectivity index (χ0n) is 9.98. The second-order valence-electron chi connectivity index (χ2n) is 4.49. The maximum Gasteiger partial charge on any atom is 0.258 e. The molecule has 0 radical (unpaired) electrons. The van der Waals surface area contributed by atoms with Gasteiger partial charge in [0.05, 0.1) is 0 Å². The van der Waals surface area contributed by atoms with E-state index in [9.17, 15) is 4.79 Å². The van der Waals surface area contributed by atoms with E-state index in [1.807, 2.05) is 31.2 Å². The molecule has 0 spiro atoms. The van der Waals surface area contributed by atoms with E-state index in [1.54, 1.807) is 0 Å². The summed E-state index contributed by atoms with van der Waals surface area (Å²) in [5.41, 5.74) is 6.80. The molecule has 4 nitrogen and oxygen atoms in total. The van der Waals surface area contributed by atoms with E-state index in [2.05, 4.69) is 5.32 Å². The first-order chi connectivity index (χ1) is 8.15. The lowest BCUT2D eigenvalue weighted by molar-refractivity contribution is -0.123. The van der Waals surface area contributed by atoms with Crippen LogP contribution in [0.15, 0.2) is 24.3 Å². The minimum Gasteiger partial charge on any atom is -0.484 e. The maximum absolute atomic E-state index is 11.4. The van der Waals surface area contributed by atoms with E-state index >= 15 is 0 Å². The van der Waals surface area contributed by atoms with Crippen molar-refractivity contribution in [3.63, 3.8) is 0 Å². The van der Waals surface area contributed by atoms with Gasteiger partial charge >= 0.3 is 0 Å². The highest BCUT2D eigenvalue weighted by atomic mass is 16.5. The zero-order chi connectivity index (χ0) is 12.3. The quantitative estimate of drug-likeness (QED) is 0.808. The lowest BCUT2D eigenvalue weighted by Crippen LogP contribution is -2.30. The number of hydrogen-bond acceptors (Lipinski definition) is 3. The first-order valence-electron chi connectivity index (χ1n) is 5.93. The Morgan fingerprint density at radius 2 is 2.12 bits per heavy atom. The van der Waals surface area contributed by atoms with E-state index in [1.165, 1.54) is 0 Å². The van der Waals surface area contributed by atoms with E-state index < -0.39 is 0 Å². The second kappa shape index (κ2) is 5.19. The lowest BCUT2D eigenvalue weighted by atomic mass is 10.1. The topological polar surface area (TPSA) is 64.3 Å². The van der Waals surface area contributed by atoms with Crippen molar-refractivity contribution in [1.29, 1.82) is 0 Å². The van der Waals surface area contributed by atoms with Crippen molar-refractivity contribution < 1.29 is 9.53 Å². The van der Waals surface area contributed by atoms with Gasteiger partial charge in [-0.2, -0.15) is 0 Å². The third-order valence-corrected chi connectivity index (χ3v) is 2.72. The molecule has 0 unspecified atom stereocenters. The van der Waals surface area contributed by atoms with Crippen LogP contribution < -0.4 is 15.8 Å². The van der Waals surface area contributed by atoms with Crippen LogP contribution in [-0.2, 0) is 4.79 Å². The number of ether oxygens (including phenoxy) is 1. The molecule has 1 fully saturated rings. The highest BCUT2D eigenvalue weighted by Crippen LogP contribution is 2.19. The highest BCUT2D eigenvalue weighted by molar-refractivity contribution is 5.78. The molecule has 17 heavy (non-hydrogen) atoms. The summed E-state index contributed by atoms with van der Waals surface area (Å²) in [6, 6.07) is 7.90. The Morgan fingerprint density at radius 3 is 2.65 bits per heavy atom. The summed E-state index contributed by atoms with van der Waals surface area (Å²) in [4.78, 5) is 11.4. The van der Waals surface area contributed by atoms with Gasteiger partial charge in [-0.3, -0.25) is 4.79 Å². The van der Waals surface area contributed by atoms with Crippen LogP contribution in [0.3, 0.4) is 0 Å². The van der Waals surface area contributed by atoms with Crippen LogP contribution in [0, 0.1) is 0 Å². The van der Waals surface area contributed by atoms with Crippen molar-refractivity contribution in [2.45, 2.75) is 31.8 Å². The van der Waals surface area contributed by atoms with Gasteiger partial charge in [-0.15, -0.1) is 0 Å². The Kier molecular flexibility index (Phi) is 3.64. The molecule has 1 aliphatic rings. The molecular formula is C13H18N2O2. The Balaban J connectivity index is 1.79. The standard InChI is InChI=1S/C13H18N2O2/c1-9(14)10-2-6-12(7-3-10)17-8-13(16)15-11-4-5-11/h2-3,6-7,9,11H,4-5,8,14H2,1H3,(H,15,16)/t9-/m0/s1. The lowest BCUT2D eigenvalue weighted by Gasteiger charge is -2.09. The fourth-order valence-corrected chi connectivity index (χ4v) is 1.51. The molecule has 1 aliphatic carbocycles. The van der Waals surface area contributed by atoms with Crippen molar-refractivity contribution in [2.75, 3.05) is 6.61 Å². The molecular weight excluding hydrogens is 216 g/mol. The van der Waals surface area contributed by atoms with Crippen LogP contribution in [0.4, 0.5) is 0 Å². The van der Waals surface area contributed by atoms with Crippen LogP contribution in [-0.4, -0.2) is 18.6 Å². The van der Waals surface area contributed by atoms with Crippen molar-refractivity contribution in [2.24, 2.45) is 5.73 Å². The number of benzene rings is 1. The molecule has 0 aliphatic heterocycles. The van der Waals surface area contributed by atoms with Crippen LogP contribution in [0.25, 0.3) is 0 Å². The smallest absolute Gasteiger partial charge is 0.258 e. The third-order valence-electron chi connectivity index (χ3n) is 2.72. The number of nitrogens with two attached hydrogens (primary N) is 1. The highest BCUT2D eigenvalue weighted by Gasteiger charge is 2.23. The number of rotatable bonds is 5. The SMILES string of the molecule is C[C@H](N)c1ccc(OCC(=O)NC2CC2)cc1. The van der Waals surface area contributed by atoms with E-state index in [-0.39, 0.29) is 18.6 Å². The summed E-state index contributed by atoms with van der Waals surface area (Å²) in [5, 5.41) is 2.87. The largest absolute Gasteiger partial charge is 0.484 e. The molecule has 0 bridgehead atoms. The van der Waals surface area contributed by atoms with Gasteiger partial charge in [0, 0.05) is 12.1 Å². The maximum atomic E-state index is 11.4. The minimum atomic E-state index is -0.0521. The summed E-state index contributed by atoms with van der Waals surface area (Å²) in [6.07, 6.45) is 2.18. The van der Waals surface area contributed by atoms with Crippen LogP contribution >= 0.6 is 0 Å². The molecule has 1 aromatic carbocycles. The van der Waals surface area contributed by atoms with E-state index in [4.69, 9.17) is 10.5 Å². The van der Waals surface area contributed by atoms with E-state index in [0.717, 1.165) is 18.4 Å². The molecule has 0 heterocycles. The summed E-state index contributed by atoms with van der Waals surface area (Å²) >= 11 is 0. The average Bonchev–Trinajstić information content (AvgIpc) is 3.11. The first kappa shape index (κ1) is 11.9. The number of hydrogen-bond donors (Lipinski definition) is 2. The molecule has 2 rings (SSSR count). The van der Waals surface area contributed by atoms with Gasteiger partial charge in [0.15, 0.2) is 6.61 Å². The van der Waals surface area contributed by atoms with Crippen LogP contribution in [0.5, 0.6) is 5.75 Å². The number of carbonyl (C=O) groups is 1. The van der Waals surface area contributed by atoms with Gasteiger partial charge in [-0.1, -0.05) is 12.1 Å². The Bertz CT molecular complexity index is 383. The molecule has 0 aromatic heterocycles. The second-order valence-corrected chi connectivity index (χ2v) is 4.49. The first-order valence-corrected chi connectivity index (χ1v) is 5.93. The average molecular weight is 234 g/mol. The van der Waals surface area contributed by atoms with Crippen molar-refractivity contribution in [3.8, 4) is 5.75 Å². The number of nitrogens with one attached hydrogen (secondary N) is 1. The van der Waals surface area contributed by atoms with Crippen LogP contribution in [0.2, 0.25) is 0 Å². The molecule has 4 heteroatoms. The Labute approximate surface area is 101 Å². The normalized spacial score (nSPS) is 16.4. The van der Waals surface area contributed by atoms with Gasteiger partial charge in [0.1, 0.15) is 5.75 Å². The molecule has 3 N–H and O–H groups in total. The Morgan fingerprint density at radius 1 is 1.47 bits per heavy atom. The molecule has 1 aromatic rings. The van der Waals surface area contributed by atoms with Gasteiger partial charge in [-0.05, 0) is 37.5 Å². The fraction of sp³-hybridized carbons (Fsp3) is 0.462. The van der Waals surface area contributed by atoms with Crippen LogP contribution in [0.1, 0.15) is 31.4 Å². The Hall–Kier alpha value is -1.55. The molecule has 0 saturated heterocycles. The molecule has 1 amide bonds. The minimum absolute atomic E-state index is 0.0159. The van der Waals surface area contributed by atoms with E-state index in [0.29, 0.717) is 11.8 Å². The van der Waals surface area contributed by atoms with Crippen molar-refractivity contribution in [1.82, 2.24) is 5.32 Å². The fourth-order valence-electron chi connectivity index (χ4n) is 1.51. The van der Waals surface area contributed by atoms with Gasteiger partial charge < -0.3 is 15.8 Å². The summed E-state index contributed by atoms with van der Waals surface area (Å²) in [6.45, 7) is 2.01. The molecule has 92 valence electrons. The van der Waals surface area contributed by atoms with Gasteiger partial charge in [0.25, 0.3) is 5.91 Å². The summed E-state index contributed by atoms with van der Waals surface area (Å²) in [5.74, 6) is 0.643.